The number of aliphatic hydroxyl groups excluding tert-OH is 1. The molecule has 2 aromatic carbocycles. The summed E-state index contributed by atoms with van der Waals surface area (Å²) in [5.74, 6) is -0.565. The number of hydrogen-bond acceptors (Lipinski definition) is 6. The lowest BCUT2D eigenvalue weighted by molar-refractivity contribution is -0.145. The molecule has 5 N–H and O–H groups in total. The molecule has 8 heteroatoms. The van der Waals surface area contributed by atoms with Crippen molar-refractivity contribution in [1.29, 1.82) is 0 Å². The van der Waals surface area contributed by atoms with Crippen LogP contribution >= 0.6 is 0 Å². The van der Waals surface area contributed by atoms with Gasteiger partial charge in [0.05, 0.1) is 12.3 Å². The van der Waals surface area contributed by atoms with E-state index in [1.165, 1.54) is 0 Å². The van der Waals surface area contributed by atoms with Crippen molar-refractivity contribution in [3.63, 3.8) is 0 Å². The van der Waals surface area contributed by atoms with E-state index >= 15 is 0 Å². The number of nitrogens with two attached hydrogens (primary N) is 1. The molecule has 4 unspecified atom stereocenters. The summed E-state index contributed by atoms with van der Waals surface area (Å²) in [4.78, 5) is 30.7. The average molecular weight is 492 g/mol. The SMILES string of the molecule is NC1NC1N1CCC(CNC(=O)C2CCCN2C(=O)C(O)C(c2ccccc2)c2ccccc2)CC1. The molecule has 3 fully saturated rings. The Balaban J connectivity index is 1.20. The molecule has 3 aliphatic rings. The van der Waals surface area contributed by atoms with E-state index in [0.29, 0.717) is 31.6 Å². The summed E-state index contributed by atoms with van der Waals surface area (Å²) >= 11 is 0. The zero-order chi connectivity index (χ0) is 25.1. The fourth-order valence-electron chi connectivity index (χ4n) is 5.77. The number of amides is 2. The zero-order valence-corrected chi connectivity index (χ0v) is 20.6. The third kappa shape index (κ3) is 5.47. The Morgan fingerprint density at radius 1 is 0.972 bits per heavy atom. The molecule has 0 saturated carbocycles. The van der Waals surface area contributed by atoms with Crippen molar-refractivity contribution < 1.29 is 14.7 Å². The van der Waals surface area contributed by atoms with E-state index in [4.69, 9.17) is 5.73 Å². The summed E-state index contributed by atoms with van der Waals surface area (Å²) in [6.45, 7) is 3.06. The summed E-state index contributed by atoms with van der Waals surface area (Å²) in [7, 11) is 0. The van der Waals surface area contributed by atoms with Gasteiger partial charge in [0.15, 0.2) is 0 Å². The largest absolute Gasteiger partial charge is 0.382 e. The van der Waals surface area contributed by atoms with Gasteiger partial charge in [0.1, 0.15) is 12.1 Å². The number of hydrogen-bond donors (Lipinski definition) is 4. The topological polar surface area (TPSA) is 121 Å². The number of benzene rings is 2. The first kappa shape index (κ1) is 24.9. The van der Waals surface area contributed by atoms with Crippen LogP contribution in [0.3, 0.4) is 0 Å². The minimum Gasteiger partial charge on any atom is -0.382 e. The summed E-state index contributed by atoms with van der Waals surface area (Å²) in [6.07, 6.45) is 2.54. The maximum Gasteiger partial charge on any atom is 0.253 e. The van der Waals surface area contributed by atoms with Gasteiger partial charge in [-0.25, -0.2) is 0 Å². The number of likely N-dealkylation sites (tertiary alicyclic amines) is 2. The van der Waals surface area contributed by atoms with Crippen molar-refractivity contribution in [1.82, 2.24) is 20.4 Å². The van der Waals surface area contributed by atoms with Gasteiger partial charge in [-0.1, -0.05) is 60.7 Å². The van der Waals surface area contributed by atoms with Crippen LogP contribution in [-0.4, -0.2) is 77.4 Å². The number of carbonyl (C=O) groups excluding carboxylic acids is 2. The van der Waals surface area contributed by atoms with Crippen LogP contribution in [0.25, 0.3) is 0 Å². The first-order valence-electron chi connectivity index (χ1n) is 13.1. The van der Waals surface area contributed by atoms with E-state index in [2.05, 4.69) is 15.5 Å². The van der Waals surface area contributed by atoms with Gasteiger partial charge in [-0.3, -0.25) is 19.8 Å². The standard InChI is InChI=1S/C28H37N5O3/c29-25-26(31-25)32-16-13-19(14-17-32)18-30-27(35)22-12-7-15-33(22)28(36)24(34)23(20-8-3-1-4-9-20)21-10-5-2-6-11-21/h1-6,8-11,19,22-26,31,34H,7,12-18,29H2,(H,30,35). The lowest BCUT2D eigenvalue weighted by Crippen LogP contribution is -2.51. The third-order valence-electron chi connectivity index (χ3n) is 7.93. The van der Waals surface area contributed by atoms with Crippen molar-refractivity contribution in [3.8, 4) is 0 Å². The van der Waals surface area contributed by atoms with Crippen molar-refractivity contribution in [2.75, 3.05) is 26.2 Å². The van der Waals surface area contributed by atoms with Crippen molar-refractivity contribution in [2.24, 2.45) is 11.7 Å². The van der Waals surface area contributed by atoms with Gasteiger partial charge in [-0.05, 0) is 42.7 Å². The highest BCUT2D eigenvalue weighted by Gasteiger charge is 2.41. The van der Waals surface area contributed by atoms with Crippen LogP contribution in [0.4, 0.5) is 0 Å². The van der Waals surface area contributed by atoms with Crippen molar-refractivity contribution >= 4 is 11.8 Å². The van der Waals surface area contributed by atoms with Crippen molar-refractivity contribution in [2.45, 2.75) is 56.1 Å². The number of rotatable bonds is 8. The maximum absolute atomic E-state index is 13.6. The van der Waals surface area contributed by atoms with E-state index in [0.717, 1.165) is 43.5 Å². The Hall–Kier alpha value is -2.78. The van der Waals surface area contributed by atoms with Gasteiger partial charge in [0.2, 0.25) is 5.91 Å². The predicted octanol–water partition coefficient (Wildman–Crippen LogP) is 1.21. The Bertz CT molecular complexity index is 988. The Morgan fingerprint density at radius 3 is 2.11 bits per heavy atom. The summed E-state index contributed by atoms with van der Waals surface area (Å²) in [6, 6.07) is 18.7. The summed E-state index contributed by atoms with van der Waals surface area (Å²) in [5.41, 5.74) is 7.63. The molecule has 8 nitrogen and oxygen atoms in total. The van der Waals surface area contributed by atoms with E-state index in [-0.39, 0.29) is 18.0 Å². The third-order valence-corrected chi connectivity index (χ3v) is 7.93. The van der Waals surface area contributed by atoms with Crippen molar-refractivity contribution in [3.05, 3.63) is 71.8 Å². The first-order chi connectivity index (χ1) is 17.5. The number of nitrogens with one attached hydrogen (secondary N) is 2. The molecule has 0 radical (unpaired) electrons. The average Bonchev–Trinajstić information content (AvgIpc) is 3.44. The highest BCUT2D eigenvalue weighted by Crippen LogP contribution is 2.31. The van der Waals surface area contributed by atoms with E-state index in [9.17, 15) is 14.7 Å². The van der Waals surface area contributed by atoms with Gasteiger partial charge in [0, 0.05) is 32.1 Å². The van der Waals surface area contributed by atoms with Gasteiger partial charge >= 0.3 is 0 Å². The van der Waals surface area contributed by atoms with Crippen LogP contribution in [-0.2, 0) is 9.59 Å². The van der Waals surface area contributed by atoms with Crippen LogP contribution in [0.5, 0.6) is 0 Å². The highest BCUT2D eigenvalue weighted by molar-refractivity contribution is 5.90. The molecule has 2 aromatic rings. The Labute approximate surface area is 212 Å². The molecule has 0 aromatic heterocycles. The van der Waals surface area contributed by atoms with Crippen LogP contribution in [0.2, 0.25) is 0 Å². The van der Waals surface area contributed by atoms with Gasteiger partial charge < -0.3 is 21.1 Å². The van der Waals surface area contributed by atoms with Crippen LogP contribution in [0.15, 0.2) is 60.7 Å². The lowest BCUT2D eigenvalue weighted by atomic mass is 9.86. The molecule has 2 amide bonds. The number of nitrogens with zero attached hydrogens (tertiary/aromatic N) is 2. The number of carbonyl (C=O) groups is 2. The monoisotopic (exact) mass is 491 g/mol. The highest BCUT2D eigenvalue weighted by atomic mass is 16.3. The lowest BCUT2D eigenvalue weighted by Gasteiger charge is -2.33. The molecule has 0 bridgehead atoms. The minimum absolute atomic E-state index is 0.0888. The molecule has 0 aliphatic carbocycles. The second-order valence-corrected chi connectivity index (χ2v) is 10.3. The molecule has 5 rings (SSSR count). The molecular formula is C28H37N5O3. The fourth-order valence-corrected chi connectivity index (χ4v) is 5.77. The van der Waals surface area contributed by atoms with Crippen LogP contribution < -0.4 is 16.4 Å². The predicted molar refractivity (Wildman–Crippen MR) is 138 cm³/mol. The molecular weight excluding hydrogens is 454 g/mol. The maximum atomic E-state index is 13.6. The Kier molecular flexibility index (Phi) is 7.67. The van der Waals surface area contributed by atoms with E-state index in [1.54, 1.807) is 4.90 Å². The molecule has 36 heavy (non-hydrogen) atoms. The summed E-state index contributed by atoms with van der Waals surface area (Å²) in [5, 5.41) is 17.7. The normalized spacial score (nSPS) is 25.6. The van der Waals surface area contributed by atoms with E-state index < -0.39 is 18.1 Å². The summed E-state index contributed by atoms with van der Waals surface area (Å²) < 4.78 is 0. The first-order valence-corrected chi connectivity index (χ1v) is 13.1. The molecule has 3 heterocycles. The van der Waals surface area contributed by atoms with Gasteiger partial charge in [0.25, 0.3) is 5.91 Å². The van der Waals surface area contributed by atoms with E-state index in [1.807, 2.05) is 60.7 Å². The quantitative estimate of drug-likeness (QED) is 0.412. The molecule has 192 valence electrons. The number of aliphatic hydroxyl groups is 1. The Morgan fingerprint density at radius 2 is 1.56 bits per heavy atom. The second kappa shape index (κ2) is 11.1. The second-order valence-electron chi connectivity index (χ2n) is 10.3. The molecule has 3 saturated heterocycles. The van der Waals surface area contributed by atoms with Crippen LogP contribution in [0.1, 0.15) is 42.7 Å². The van der Waals surface area contributed by atoms with Crippen LogP contribution in [0, 0.1) is 5.92 Å². The van der Waals surface area contributed by atoms with Gasteiger partial charge in [-0.2, -0.15) is 0 Å². The smallest absolute Gasteiger partial charge is 0.253 e. The fraction of sp³-hybridized carbons (Fsp3) is 0.500. The molecule has 0 spiro atoms. The van der Waals surface area contributed by atoms with Gasteiger partial charge in [-0.15, -0.1) is 0 Å². The zero-order valence-electron chi connectivity index (χ0n) is 20.6. The number of piperidine rings is 1. The molecule has 3 aliphatic heterocycles. The minimum atomic E-state index is -1.27. The molecule has 4 atom stereocenters.